The Morgan fingerprint density at radius 1 is 1.04 bits per heavy atom. The third kappa shape index (κ3) is 3.64. The van der Waals surface area contributed by atoms with Crippen molar-refractivity contribution in [2.24, 2.45) is 0 Å². The Balaban J connectivity index is 1.81. The molecule has 0 aliphatic rings. The molecule has 0 aromatic carbocycles. The molecule has 4 heterocycles. The van der Waals surface area contributed by atoms with Gasteiger partial charge >= 0.3 is 6.01 Å². The molecule has 0 saturated carbocycles. The van der Waals surface area contributed by atoms with Crippen molar-refractivity contribution in [2.75, 3.05) is 6.61 Å². The van der Waals surface area contributed by atoms with Crippen LogP contribution in [-0.4, -0.2) is 41.6 Å². The molecule has 0 unspecified atom stereocenters. The molecule has 4 aromatic rings. The molecule has 10 heteroatoms. The highest BCUT2D eigenvalue weighted by atomic mass is 35.5. The van der Waals surface area contributed by atoms with Crippen LogP contribution in [0.5, 0.6) is 23.4 Å². The molecule has 0 amide bonds. The van der Waals surface area contributed by atoms with Crippen molar-refractivity contribution >= 4 is 22.6 Å². The summed E-state index contributed by atoms with van der Waals surface area (Å²) in [5.41, 5.74) is 1.04. The Hall–Kier alpha value is -3.30. The van der Waals surface area contributed by atoms with Crippen molar-refractivity contribution in [3.8, 4) is 23.4 Å². The molecular formula is C17H13ClN6O3. The summed E-state index contributed by atoms with van der Waals surface area (Å²) in [6.07, 6.45) is 7.89. The maximum absolute atomic E-state index is 9.23. The summed E-state index contributed by atoms with van der Waals surface area (Å²) >= 11 is 6.44. The molecule has 136 valence electrons. The zero-order valence-electron chi connectivity index (χ0n) is 13.8. The van der Waals surface area contributed by atoms with Gasteiger partial charge in [0.25, 0.3) is 0 Å². The molecule has 0 saturated heterocycles. The van der Waals surface area contributed by atoms with Crippen LogP contribution in [0.1, 0.15) is 5.69 Å². The van der Waals surface area contributed by atoms with Crippen molar-refractivity contribution < 1.29 is 14.6 Å². The number of pyridine rings is 1. The topological polar surface area (TPSA) is 119 Å². The maximum Gasteiger partial charge on any atom is 0.327 e. The lowest BCUT2D eigenvalue weighted by Crippen LogP contribution is -1.97. The molecule has 9 nitrogen and oxygen atoms in total. The van der Waals surface area contributed by atoms with E-state index >= 15 is 0 Å². The zero-order chi connectivity index (χ0) is 18.6. The van der Waals surface area contributed by atoms with Crippen molar-refractivity contribution in [1.82, 2.24) is 29.9 Å². The Bertz CT molecular complexity index is 1060. The van der Waals surface area contributed by atoms with Crippen LogP contribution in [0.25, 0.3) is 11.0 Å². The minimum Gasteiger partial charge on any atom is -0.435 e. The van der Waals surface area contributed by atoms with Crippen LogP contribution in [0.4, 0.5) is 0 Å². The van der Waals surface area contributed by atoms with Gasteiger partial charge in [0.2, 0.25) is 5.88 Å². The van der Waals surface area contributed by atoms with E-state index in [0.717, 1.165) is 0 Å². The first-order chi connectivity index (χ1) is 13.2. The zero-order valence-corrected chi connectivity index (χ0v) is 14.6. The van der Waals surface area contributed by atoms with Gasteiger partial charge in [-0.25, -0.2) is 9.97 Å². The minimum atomic E-state index is -0.0677. The summed E-state index contributed by atoms with van der Waals surface area (Å²) in [6, 6.07) is 3.51. The maximum atomic E-state index is 9.23. The van der Waals surface area contributed by atoms with E-state index in [2.05, 4.69) is 29.9 Å². The Morgan fingerprint density at radius 3 is 2.59 bits per heavy atom. The smallest absolute Gasteiger partial charge is 0.327 e. The fourth-order valence-electron chi connectivity index (χ4n) is 2.42. The Morgan fingerprint density at radius 2 is 1.85 bits per heavy atom. The molecule has 2 N–H and O–H groups in total. The van der Waals surface area contributed by atoms with E-state index < -0.39 is 0 Å². The van der Waals surface area contributed by atoms with Crippen LogP contribution in [0.2, 0.25) is 5.02 Å². The largest absolute Gasteiger partial charge is 0.435 e. The summed E-state index contributed by atoms with van der Waals surface area (Å²) in [4.78, 5) is 23.6. The van der Waals surface area contributed by atoms with E-state index in [0.29, 0.717) is 39.7 Å². The quantitative estimate of drug-likeness (QED) is 0.520. The number of hydrogen-bond acceptors (Lipinski definition) is 8. The van der Waals surface area contributed by atoms with Crippen LogP contribution < -0.4 is 9.47 Å². The van der Waals surface area contributed by atoms with Gasteiger partial charge in [-0.1, -0.05) is 11.6 Å². The SMILES string of the molecule is OCCc1[nH]c2nc(Oc3cccnc3)nc(Oc3cncnc3)c2c1Cl. The number of ether oxygens (including phenoxy) is 2. The Kier molecular flexibility index (Phi) is 4.77. The number of hydrogen-bond donors (Lipinski definition) is 2. The van der Waals surface area contributed by atoms with Gasteiger partial charge in [-0.3, -0.25) is 4.98 Å². The van der Waals surface area contributed by atoms with E-state index in [-0.39, 0.29) is 18.5 Å². The molecule has 27 heavy (non-hydrogen) atoms. The highest BCUT2D eigenvalue weighted by Crippen LogP contribution is 2.36. The second kappa shape index (κ2) is 7.52. The fraction of sp³-hybridized carbons (Fsp3) is 0.118. The van der Waals surface area contributed by atoms with Crippen molar-refractivity contribution in [3.63, 3.8) is 0 Å². The van der Waals surface area contributed by atoms with E-state index in [9.17, 15) is 5.11 Å². The third-order valence-electron chi connectivity index (χ3n) is 3.57. The molecule has 0 spiro atoms. The predicted octanol–water partition coefficient (Wildman–Crippen LogP) is 2.92. The van der Waals surface area contributed by atoms with E-state index in [4.69, 9.17) is 21.1 Å². The van der Waals surface area contributed by atoms with Gasteiger partial charge < -0.3 is 19.6 Å². The number of aliphatic hydroxyl groups excluding tert-OH is 1. The van der Waals surface area contributed by atoms with Crippen LogP contribution in [-0.2, 0) is 6.42 Å². The van der Waals surface area contributed by atoms with Gasteiger partial charge in [-0.2, -0.15) is 9.97 Å². The fourth-order valence-corrected chi connectivity index (χ4v) is 2.74. The monoisotopic (exact) mass is 384 g/mol. The lowest BCUT2D eigenvalue weighted by atomic mass is 10.3. The van der Waals surface area contributed by atoms with Crippen LogP contribution in [0.15, 0.2) is 43.2 Å². The summed E-state index contributed by atoms with van der Waals surface area (Å²) in [5, 5.41) is 10.1. The van der Waals surface area contributed by atoms with Gasteiger partial charge in [0, 0.05) is 24.9 Å². The van der Waals surface area contributed by atoms with Crippen molar-refractivity contribution in [2.45, 2.75) is 6.42 Å². The molecule has 4 rings (SSSR count). The number of halogens is 1. The first-order valence-electron chi connectivity index (χ1n) is 7.94. The van der Waals surface area contributed by atoms with Crippen molar-refractivity contribution in [1.29, 1.82) is 0 Å². The number of aromatic nitrogens is 6. The van der Waals surface area contributed by atoms with Crippen LogP contribution >= 0.6 is 11.6 Å². The number of nitrogens with one attached hydrogen (secondary N) is 1. The molecule has 0 aliphatic heterocycles. The molecular weight excluding hydrogens is 372 g/mol. The lowest BCUT2D eigenvalue weighted by molar-refractivity contribution is 0.298. The highest BCUT2D eigenvalue weighted by Gasteiger charge is 2.20. The molecule has 0 aliphatic carbocycles. The van der Waals surface area contributed by atoms with E-state index in [1.165, 1.54) is 24.9 Å². The van der Waals surface area contributed by atoms with Gasteiger partial charge in [-0.15, -0.1) is 0 Å². The van der Waals surface area contributed by atoms with E-state index in [1.807, 2.05) is 0 Å². The third-order valence-corrected chi connectivity index (χ3v) is 3.98. The summed E-state index contributed by atoms with van der Waals surface area (Å²) < 4.78 is 11.5. The number of rotatable bonds is 6. The molecule has 0 atom stereocenters. The summed E-state index contributed by atoms with van der Waals surface area (Å²) in [6.45, 7) is -0.0677. The van der Waals surface area contributed by atoms with E-state index in [1.54, 1.807) is 18.3 Å². The molecule has 4 aromatic heterocycles. The Labute approximate surface area is 158 Å². The molecule has 0 radical (unpaired) electrons. The summed E-state index contributed by atoms with van der Waals surface area (Å²) in [7, 11) is 0. The van der Waals surface area contributed by atoms with Crippen LogP contribution in [0.3, 0.4) is 0 Å². The van der Waals surface area contributed by atoms with Gasteiger partial charge in [0.15, 0.2) is 5.75 Å². The first-order valence-corrected chi connectivity index (χ1v) is 8.32. The predicted molar refractivity (Wildman–Crippen MR) is 96.1 cm³/mol. The minimum absolute atomic E-state index is 0.0517. The standard InChI is InChI=1S/C17H13ClN6O3/c18-14-12(3-5-25)22-15-13(14)16(26-11-7-20-9-21-8-11)24-17(23-15)27-10-2-1-4-19-6-10/h1-2,4,6-9,25H,3,5H2,(H,22,23,24). The van der Waals surface area contributed by atoms with Crippen LogP contribution in [0, 0.1) is 0 Å². The van der Waals surface area contributed by atoms with Gasteiger partial charge in [-0.05, 0) is 12.1 Å². The number of H-pyrrole nitrogens is 1. The average Bonchev–Trinajstić information content (AvgIpc) is 2.99. The average molecular weight is 385 g/mol. The second-order valence-corrected chi connectivity index (χ2v) is 5.77. The lowest BCUT2D eigenvalue weighted by Gasteiger charge is -2.08. The second-order valence-electron chi connectivity index (χ2n) is 5.39. The highest BCUT2D eigenvalue weighted by molar-refractivity contribution is 6.36. The number of nitrogens with zero attached hydrogens (tertiary/aromatic N) is 5. The number of fused-ring (bicyclic) bond motifs is 1. The normalized spacial score (nSPS) is 10.9. The number of aromatic amines is 1. The van der Waals surface area contributed by atoms with Gasteiger partial charge in [0.05, 0.1) is 23.6 Å². The van der Waals surface area contributed by atoms with Gasteiger partial charge in [0.1, 0.15) is 23.1 Å². The molecule has 0 bridgehead atoms. The first kappa shape index (κ1) is 17.1. The molecule has 0 fully saturated rings. The van der Waals surface area contributed by atoms with Crippen molar-refractivity contribution in [3.05, 3.63) is 54.0 Å². The summed E-state index contributed by atoms with van der Waals surface area (Å²) in [5.74, 6) is 1.03. The number of aliphatic hydroxyl groups is 1.